The largest absolute Gasteiger partial charge is 0.383 e. The zero-order valence-electron chi connectivity index (χ0n) is 16.4. The number of aromatic nitrogens is 2. The Hall–Kier alpha value is -2.21. The van der Waals surface area contributed by atoms with E-state index in [0.717, 1.165) is 0 Å². The molecule has 1 aromatic heterocycles. The molecule has 1 unspecified atom stereocenters. The first-order valence-electron chi connectivity index (χ1n) is 9.18. The van der Waals surface area contributed by atoms with E-state index in [4.69, 9.17) is 9.72 Å². The quantitative estimate of drug-likeness (QED) is 0.727. The topological polar surface area (TPSA) is 64.4 Å². The minimum Gasteiger partial charge on any atom is -0.383 e. The molecular weight excluding hydrogens is 330 g/mol. The molecule has 0 saturated carbocycles. The Morgan fingerprint density at radius 3 is 2.58 bits per heavy atom. The number of nitrogens with zero attached hydrogens (tertiary/aromatic N) is 3. The van der Waals surface area contributed by atoms with Gasteiger partial charge < -0.3 is 9.64 Å². The summed E-state index contributed by atoms with van der Waals surface area (Å²) >= 11 is 0. The maximum absolute atomic E-state index is 13.0. The maximum Gasteiger partial charge on any atom is 0.261 e. The molecular formula is C20H29N3O3. The highest BCUT2D eigenvalue weighted by molar-refractivity contribution is 5.78. The molecule has 0 N–H and O–H groups in total. The second-order valence-electron chi connectivity index (χ2n) is 6.91. The molecule has 0 aliphatic carbocycles. The summed E-state index contributed by atoms with van der Waals surface area (Å²) in [4.78, 5) is 32.1. The van der Waals surface area contributed by atoms with Crippen molar-refractivity contribution in [2.45, 2.75) is 46.7 Å². The van der Waals surface area contributed by atoms with Crippen LogP contribution >= 0.6 is 0 Å². The first-order chi connectivity index (χ1) is 12.4. The van der Waals surface area contributed by atoms with E-state index >= 15 is 0 Å². The van der Waals surface area contributed by atoms with E-state index in [0.29, 0.717) is 48.8 Å². The molecule has 1 aromatic carbocycles. The van der Waals surface area contributed by atoms with Crippen LogP contribution in [0.15, 0.2) is 29.1 Å². The van der Waals surface area contributed by atoms with Crippen molar-refractivity contribution in [1.29, 1.82) is 0 Å². The standard InChI is InChI=1S/C20H29N3O3/c1-6-18(24)23(13-14(2)3)15(4)19-21-17-10-8-7-9-16(17)20(25)22(19)11-12-26-5/h7-10,14-15H,6,11-13H2,1-5H3. The van der Waals surface area contributed by atoms with Gasteiger partial charge in [-0.1, -0.05) is 32.9 Å². The predicted molar refractivity (Wildman–Crippen MR) is 103 cm³/mol. The fraction of sp³-hybridized carbons (Fsp3) is 0.550. The molecule has 2 rings (SSSR count). The Morgan fingerprint density at radius 1 is 1.27 bits per heavy atom. The van der Waals surface area contributed by atoms with Crippen LogP contribution in [0.1, 0.15) is 46.0 Å². The van der Waals surface area contributed by atoms with Gasteiger partial charge in [-0.2, -0.15) is 0 Å². The van der Waals surface area contributed by atoms with Gasteiger partial charge in [0.05, 0.1) is 30.1 Å². The monoisotopic (exact) mass is 359 g/mol. The molecule has 0 radical (unpaired) electrons. The lowest BCUT2D eigenvalue weighted by Gasteiger charge is -2.31. The smallest absolute Gasteiger partial charge is 0.261 e. The minimum absolute atomic E-state index is 0.0619. The third-order valence-electron chi connectivity index (χ3n) is 4.44. The summed E-state index contributed by atoms with van der Waals surface area (Å²) in [7, 11) is 1.61. The van der Waals surface area contributed by atoms with E-state index in [1.807, 2.05) is 36.9 Å². The van der Waals surface area contributed by atoms with Crippen molar-refractivity contribution in [2.24, 2.45) is 5.92 Å². The number of amides is 1. The first-order valence-corrected chi connectivity index (χ1v) is 9.18. The van der Waals surface area contributed by atoms with Crippen molar-refractivity contribution in [2.75, 3.05) is 20.3 Å². The second kappa shape index (κ2) is 8.94. The molecule has 2 aromatic rings. The molecule has 0 spiro atoms. The van der Waals surface area contributed by atoms with Crippen LogP contribution in [0.2, 0.25) is 0 Å². The molecule has 0 fully saturated rings. The van der Waals surface area contributed by atoms with Crippen LogP contribution in [-0.4, -0.2) is 40.6 Å². The van der Waals surface area contributed by atoms with E-state index in [2.05, 4.69) is 13.8 Å². The summed E-state index contributed by atoms with van der Waals surface area (Å²) in [5.41, 5.74) is 0.560. The predicted octanol–water partition coefficient (Wildman–Crippen LogP) is 3.00. The summed E-state index contributed by atoms with van der Waals surface area (Å²) < 4.78 is 6.82. The van der Waals surface area contributed by atoms with Gasteiger partial charge in [-0.15, -0.1) is 0 Å². The van der Waals surface area contributed by atoms with E-state index in [1.54, 1.807) is 17.7 Å². The van der Waals surface area contributed by atoms with E-state index in [9.17, 15) is 9.59 Å². The Bertz CT molecular complexity index is 814. The summed E-state index contributed by atoms with van der Waals surface area (Å²) in [5, 5.41) is 0.580. The van der Waals surface area contributed by atoms with Gasteiger partial charge in [0.15, 0.2) is 0 Å². The van der Waals surface area contributed by atoms with Crippen LogP contribution in [-0.2, 0) is 16.1 Å². The summed E-state index contributed by atoms with van der Waals surface area (Å²) in [5.74, 6) is 0.993. The number of carbonyl (C=O) groups is 1. The molecule has 0 saturated heterocycles. The lowest BCUT2D eigenvalue weighted by atomic mass is 10.1. The van der Waals surface area contributed by atoms with E-state index < -0.39 is 0 Å². The number of carbonyl (C=O) groups excluding carboxylic acids is 1. The highest BCUT2D eigenvalue weighted by Crippen LogP contribution is 2.22. The lowest BCUT2D eigenvalue weighted by Crippen LogP contribution is -2.39. The van der Waals surface area contributed by atoms with Gasteiger partial charge in [-0.05, 0) is 25.0 Å². The van der Waals surface area contributed by atoms with Gasteiger partial charge in [0, 0.05) is 20.1 Å². The van der Waals surface area contributed by atoms with Crippen LogP contribution in [0.4, 0.5) is 0 Å². The Balaban J connectivity index is 2.60. The molecule has 6 heteroatoms. The number of rotatable bonds is 8. The third kappa shape index (κ3) is 4.30. The normalized spacial score (nSPS) is 12.5. The third-order valence-corrected chi connectivity index (χ3v) is 4.44. The number of ether oxygens (including phenoxy) is 1. The maximum atomic E-state index is 13.0. The molecule has 0 aliphatic heterocycles. The zero-order valence-corrected chi connectivity index (χ0v) is 16.4. The Labute approximate surface area is 154 Å². The van der Waals surface area contributed by atoms with Gasteiger partial charge >= 0.3 is 0 Å². The Morgan fingerprint density at radius 2 is 1.96 bits per heavy atom. The van der Waals surface area contributed by atoms with Crippen LogP contribution in [0.25, 0.3) is 10.9 Å². The fourth-order valence-electron chi connectivity index (χ4n) is 3.11. The van der Waals surface area contributed by atoms with Crippen molar-refractivity contribution in [3.63, 3.8) is 0 Å². The van der Waals surface area contributed by atoms with Crippen molar-refractivity contribution >= 4 is 16.8 Å². The summed E-state index contributed by atoms with van der Waals surface area (Å²) in [6.07, 6.45) is 0.424. The summed E-state index contributed by atoms with van der Waals surface area (Å²) in [6, 6.07) is 7.03. The van der Waals surface area contributed by atoms with Crippen molar-refractivity contribution in [1.82, 2.24) is 14.5 Å². The number of para-hydroxylation sites is 1. The number of fused-ring (bicyclic) bond motifs is 1. The molecule has 0 aliphatic rings. The van der Waals surface area contributed by atoms with E-state index in [1.165, 1.54) is 0 Å². The SMILES string of the molecule is CCC(=O)N(CC(C)C)C(C)c1nc2ccccc2c(=O)n1CCOC. The number of methoxy groups -OCH3 is 1. The second-order valence-corrected chi connectivity index (χ2v) is 6.91. The number of hydrogen-bond donors (Lipinski definition) is 0. The van der Waals surface area contributed by atoms with Gasteiger partial charge in [-0.3, -0.25) is 14.2 Å². The molecule has 6 nitrogen and oxygen atoms in total. The van der Waals surface area contributed by atoms with Crippen molar-refractivity contribution < 1.29 is 9.53 Å². The highest BCUT2D eigenvalue weighted by Gasteiger charge is 2.25. The van der Waals surface area contributed by atoms with Crippen LogP contribution < -0.4 is 5.56 Å². The molecule has 1 amide bonds. The number of hydrogen-bond acceptors (Lipinski definition) is 4. The van der Waals surface area contributed by atoms with Crippen molar-refractivity contribution in [3.8, 4) is 0 Å². The summed E-state index contributed by atoms with van der Waals surface area (Å²) in [6.45, 7) is 9.39. The van der Waals surface area contributed by atoms with E-state index in [-0.39, 0.29) is 17.5 Å². The van der Waals surface area contributed by atoms with Crippen LogP contribution in [0, 0.1) is 5.92 Å². The zero-order chi connectivity index (χ0) is 19.3. The van der Waals surface area contributed by atoms with Crippen LogP contribution in [0.5, 0.6) is 0 Å². The molecule has 1 atom stereocenters. The average molecular weight is 359 g/mol. The van der Waals surface area contributed by atoms with Gasteiger partial charge in [0.2, 0.25) is 5.91 Å². The van der Waals surface area contributed by atoms with Crippen LogP contribution in [0.3, 0.4) is 0 Å². The fourth-order valence-corrected chi connectivity index (χ4v) is 3.11. The average Bonchev–Trinajstić information content (AvgIpc) is 2.64. The number of benzene rings is 1. The van der Waals surface area contributed by atoms with Gasteiger partial charge in [0.1, 0.15) is 5.82 Å². The van der Waals surface area contributed by atoms with Crippen molar-refractivity contribution in [3.05, 3.63) is 40.4 Å². The highest BCUT2D eigenvalue weighted by atomic mass is 16.5. The Kier molecular flexibility index (Phi) is 6.91. The minimum atomic E-state index is -0.293. The van der Waals surface area contributed by atoms with Gasteiger partial charge in [-0.25, -0.2) is 4.98 Å². The first kappa shape index (κ1) is 20.1. The molecule has 26 heavy (non-hydrogen) atoms. The molecule has 142 valence electrons. The molecule has 1 heterocycles. The molecule has 0 bridgehead atoms. The lowest BCUT2D eigenvalue weighted by molar-refractivity contribution is -0.133. The van der Waals surface area contributed by atoms with Gasteiger partial charge in [0.25, 0.3) is 5.56 Å².